The second kappa shape index (κ2) is 8.45. The highest BCUT2D eigenvalue weighted by Crippen LogP contribution is 2.22. The molecule has 0 unspecified atom stereocenters. The van der Waals surface area contributed by atoms with Crippen LogP contribution in [0.15, 0.2) is 91.1 Å². The Morgan fingerprint density at radius 3 is 2.30 bits per heavy atom. The van der Waals surface area contributed by atoms with Gasteiger partial charge >= 0.3 is 0 Å². The van der Waals surface area contributed by atoms with E-state index in [1.165, 1.54) is 0 Å². The molecule has 0 aliphatic rings. The average Bonchev–Trinajstić information content (AvgIpc) is 3.19. The van der Waals surface area contributed by atoms with E-state index < -0.39 is 5.91 Å². The molecule has 0 aliphatic carbocycles. The lowest BCUT2D eigenvalue weighted by atomic mass is 10.1. The molecule has 3 N–H and O–H groups in total. The molecule has 0 bridgehead atoms. The molecule has 0 radical (unpaired) electrons. The summed E-state index contributed by atoms with van der Waals surface area (Å²) in [4.78, 5) is 24.5. The number of nitrogens with zero attached hydrogens (tertiary/aromatic N) is 2. The van der Waals surface area contributed by atoms with E-state index in [2.05, 4.69) is 10.4 Å². The second-order valence-electron chi connectivity index (χ2n) is 6.84. The minimum absolute atomic E-state index is 0.189. The highest BCUT2D eigenvalue weighted by Gasteiger charge is 2.16. The number of nitrogens with one attached hydrogen (secondary N) is 1. The van der Waals surface area contributed by atoms with Gasteiger partial charge in [0, 0.05) is 23.0 Å². The van der Waals surface area contributed by atoms with Crippen LogP contribution in [0, 0.1) is 0 Å². The average molecular weight is 396 g/mol. The molecule has 0 saturated heterocycles. The number of carbonyl (C=O) groups excluding carboxylic acids is 2. The maximum atomic E-state index is 12.6. The van der Waals surface area contributed by atoms with E-state index in [0.29, 0.717) is 23.4 Å². The van der Waals surface area contributed by atoms with Gasteiger partial charge in [-0.25, -0.2) is 0 Å². The van der Waals surface area contributed by atoms with Crippen LogP contribution in [0.3, 0.4) is 0 Å². The Hall–Kier alpha value is -4.19. The number of rotatable bonds is 6. The molecular formula is C24H20N4O2. The van der Waals surface area contributed by atoms with Crippen LogP contribution in [0.1, 0.15) is 26.3 Å². The van der Waals surface area contributed by atoms with Crippen LogP contribution in [-0.4, -0.2) is 21.6 Å². The zero-order chi connectivity index (χ0) is 20.9. The van der Waals surface area contributed by atoms with Crippen LogP contribution in [0.4, 0.5) is 5.69 Å². The highest BCUT2D eigenvalue weighted by molar-refractivity contribution is 6.04. The molecule has 148 valence electrons. The Morgan fingerprint density at radius 1 is 0.900 bits per heavy atom. The molecule has 0 aliphatic heterocycles. The molecule has 3 aromatic carbocycles. The van der Waals surface area contributed by atoms with E-state index in [1.54, 1.807) is 16.9 Å². The summed E-state index contributed by atoms with van der Waals surface area (Å²) < 4.78 is 1.66. The Labute approximate surface area is 174 Å². The molecule has 0 spiro atoms. The van der Waals surface area contributed by atoms with E-state index in [9.17, 15) is 9.59 Å². The molecule has 1 aromatic heterocycles. The SMILES string of the molecule is NC(=O)c1cn(Cc2cccc(C(=O)Nc3ccccc3)c2)nc1-c1ccccc1. The molecular weight excluding hydrogens is 376 g/mol. The van der Waals surface area contributed by atoms with Gasteiger partial charge in [0.05, 0.1) is 12.1 Å². The third-order valence-electron chi connectivity index (χ3n) is 4.64. The van der Waals surface area contributed by atoms with Gasteiger partial charge in [0.2, 0.25) is 0 Å². The number of hydrogen-bond donors (Lipinski definition) is 2. The van der Waals surface area contributed by atoms with Crippen molar-refractivity contribution in [1.82, 2.24) is 9.78 Å². The fraction of sp³-hybridized carbons (Fsp3) is 0.0417. The number of carbonyl (C=O) groups is 2. The summed E-state index contributed by atoms with van der Waals surface area (Å²) in [6.07, 6.45) is 1.64. The van der Waals surface area contributed by atoms with E-state index in [4.69, 9.17) is 5.73 Å². The van der Waals surface area contributed by atoms with Crippen LogP contribution >= 0.6 is 0 Å². The van der Waals surface area contributed by atoms with E-state index >= 15 is 0 Å². The van der Waals surface area contributed by atoms with Crippen molar-refractivity contribution in [3.8, 4) is 11.3 Å². The number of anilines is 1. The molecule has 6 heteroatoms. The van der Waals surface area contributed by atoms with Crippen molar-refractivity contribution in [2.45, 2.75) is 6.54 Å². The predicted octanol–water partition coefficient (Wildman–Crippen LogP) is 3.95. The number of primary amides is 1. The lowest BCUT2D eigenvalue weighted by Crippen LogP contribution is -2.12. The zero-order valence-corrected chi connectivity index (χ0v) is 16.2. The van der Waals surface area contributed by atoms with Gasteiger partial charge in [-0.2, -0.15) is 5.10 Å². The van der Waals surface area contributed by atoms with Crippen molar-refractivity contribution in [3.05, 3.63) is 108 Å². The summed E-state index contributed by atoms with van der Waals surface area (Å²) in [7, 11) is 0. The molecule has 0 saturated carbocycles. The summed E-state index contributed by atoms with van der Waals surface area (Å²) >= 11 is 0. The molecule has 0 atom stereocenters. The van der Waals surface area contributed by atoms with Crippen molar-refractivity contribution < 1.29 is 9.59 Å². The van der Waals surface area contributed by atoms with E-state index in [1.807, 2.05) is 78.9 Å². The summed E-state index contributed by atoms with van der Waals surface area (Å²) in [5, 5.41) is 7.43. The van der Waals surface area contributed by atoms with Gasteiger partial charge in [0.15, 0.2) is 0 Å². The topological polar surface area (TPSA) is 90.0 Å². The minimum Gasteiger partial charge on any atom is -0.365 e. The monoisotopic (exact) mass is 396 g/mol. The van der Waals surface area contributed by atoms with Crippen molar-refractivity contribution in [1.29, 1.82) is 0 Å². The fourth-order valence-corrected chi connectivity index (χ4v) is 3.21. The summed E-state index contributed by atoms with van der Waals surface area (Å²) in [6.45, 7) is 0.402. The van der Waals surface area contributed by atoms with Gasteiger partial charge < -0.3 is 11.1 Å². The first kappa shape index (κ1) is 19.1. The Morgan fingerprint density at radius 2 is 1.60 bits per heavy atom. The Balaban J connectivity index is 1.57. The van der Waals surface area contributed by atoms with E-state index in [0.717, 1.165) is 16.8 Å². The first-order chi connectivity index (χ1) is 14.6. The third kappa shape index (κ3) is 4.28. The quantitative estimate of drug-likeness (QED) is 0.517. The van der Waals surface area contributed by atoms with Crippen LogP contribution in [0.25, 0.3) is 11.3 Å². The first-order valence-electron chi connectivity index (χ1n) is 9.48. The summed E-state index contributed by atoms with van der Waals surface area (Å²) in [5.74, 6) is -0.720. The van der Waals surface area contributed by atoms with E-state index in [-0.39, 0.29) is 5.91 Å². The van der Waals surface area contributed by atoms with Crippen LogP contribution in [0.5, 0.6) is 0 Å². The number of hydrogen-bond acceptors (Lipinski definition) is 3. The van der Waals surface area contributed by atoms with Crippen molar-refractivity contribution >= 4 is 17.5 Å². The van der Waals surface area contributed by atoms with Gasteiger partial charge in [-0.05, 0) is 29.8 Å². The lowest BCUT2D eigenvalue weighted by Gasteiger charge is -2.07. The number of para-hydroxylation sites is 1. The first-order valence-corrected chi connectivity index (χ1v) is 9.48. The summed E-state index contributed by atoms with van der Waals surface area (Å²) in [5.41, 5.74) is 9.44. The van der Waals surface area contributed by atoms with Crippen LogP contribution < -0.4 is 11.1 Å². The van der Waals surface area contributed by atoms with Crippen molar-refractivity contribution in [3.63, 3.8) is 0 Å². The number of aromatic nitrogens is 2. The maximum Gasteiger partial charge on any atom is 0.255 e. The smallest absolute Gasteiger partial charge is 0.255 e. The summed E-state index contributed by atoms with van der Waals surface area (Å²) in [6, 6.07) is 26.0. The molecule has 4 rings (SSSR count). The standard InChI is InChI=1S/C24H20N4O2/c25-23(29)21-16-28(27-22(21)18-9-3-1-4-10-18)15-17-8-7-11-19(14-17)24(30)26-20-12-5-2-6-13-20/h1-14,16H,15H2,(H2,25,29)(H,26,30). The molecule has 6 nitrogen and oxygen atoms in total. The normalized spacial score (nSPS) is 10.5. The van der Waals surface area contributed by atoms with Gasteiger partial charge in [0.25, 0.3) is 11.8 Å². The second-order valence-corrected chi connectivity index (χ2v) is 6.84. The van der Waals surface area contributed by atoms with Crippen LogP contribution in [0.2, 0.25) is 0 Å². The predicted molar refractivity (Wildman–Crippen MR) is 116 cm³/mol. The van der Waals surface area contributed by atoms with Crippen molar-refractivity contribution in [2.75, 3.05) is 5.32 Å². The molecule has 2 amide bonds. The largest absolute Gasteiger partial charge is 0.365 e. The maximum absolute atomic E-state index is 12.6. The third-order valence-corrected chi connectivity index (χ3v) is 4.64. The highest BCUT2D eigenvalue weighted by atomic mass is 16.2. The molecule has 0 fully saturated rings. The van der Waals surface area contributed by atoms with Crippen LogP contribution in [-0.2, 0) is 6.54 Å². The molecule has 1 heterocycles. The Kier molecular flexibility index (Phi) is 5.39. The van der Waals surface area contributed by atoms with Gasteiger partial charge in [-0.3, -0.25) is 14.3 Å². The molecule has 30 heavy (non-hydrogen) atoms. The fourth-order valence-electron chi connectivity index (χ4n) is 3.21. The van der Waals surface area contributed by atoms with Gasteiger partial charge in [-0.15, -0.1) is 0 Å². The van der Waals surface area contributed by atoms with Gasteiger partial charge in [-0.1, -0.05) is 60.7 Å². The van der Waals surface area contributed by atoms with Gasteiger partial charge in [0.1, 0.15) is 5.69 Å². The lowest BCUT2D eigenvalue weighted by molar-refractivity contribution is 0.0998. The van der Waals surface area contributed by atoms with Crippen molar-refractivity contribution in [2.24, 2.45) is 5.73 Å². The number of nitrogens with two attached hydrogens (primary N) is 1. The Bertz CT molecular complexity index is 1180. The minimum atomic E-state index is -0.531. The molecule has 4 aromatic rings. The number of benzene rings is 3. The zero-order valence-electron chi connectivity index (χ0n) is 16.2. The number of amides is 2.